The first-order chi connectivity index (χ1) is 17.3. The Hall–Kier alpha value is -2.66. The van der Waals surface area contributed by atoms with Crippen LogP contribution in [0.15, 0.2) is 42.5 Å². The highest BCUT2D eigenvalue weighted by molar-refractivity contribution is 7.98. The van der Waals surface area contributed by atoms with Gasteiger partial charge >= 0.3 is 5.97 Å². The summed E-state index contributed by atoms with van der Waals surface area (Å²) in [4.78, 5) is 41.2. The van der Waals surface area contributed by atoms with Crippen LogP contribution in [0.25, 0.3) is 10.8 Å². The zero-order chi connectivity index (χ0) is 26.1. The average Bonchev–Trinajstić information content (AvgIpc) is 3.33. The number of nitrogens with two attached hydrogens (primary N) is 2. The van der Waals surface area contributed by atoms with E-state index in [0.717, 1.165) is 29.2 Å². The minimum atomic E-state index is -1.04. The number of aliphatic carboxylic acids is 1. The number of fused-ring (bicyclic) bond motifs is 1. The quantitative estimate of drug-likeness (QED) is 0.312. The summed E-state index contributed by atoms with van der Waals surface area (Å²) in [6.07, 6.45) is 3.92. The van der Waals surface area contributed by atoms with Gasteiger partial charge in [-0.2, -0.15) is 11.8 Å². The number of nitrogens with zero attached hydrogens (tertiary/aromatic N) is 2. The Morgan fingerprint density at radius 1 is 1.22 bits per heavy atom. The van der Waals surface area contributed by atoms with E-state index in [2.05, 4.69) is 11.4 Å². The van der Waals surface area contributed by atoms with Crippen LogP contribution in [0.2, 0.25) is 0 Å². The van der Waals surface area contributed by atoms with E-state index < -0.39 is 18.1 Å². The van der Waals surface area contributed by atoms with Gasteiger partial charge in [-0.25, -0.2) is 4.79 Å². The third kappa shape index (κ3) is 7.42. The lowest BCUT2D eigenvalue weighted by atomic mass is 10.0. The minimum absolute atomic E-state index is 0.0216. The molecular formula is C26H37N5O4S. The maximum absolute atomic E-state index is 13.0. The first kappa shape index (κ1) is 27.9. The van der Waals surface area contributed by atoms with Crippen LogP contribution in [-0.2, 0) is 20.9 Å². The van der Waals surface area contributed by atoms with Crippen molar-refractivity contribution in [3.05, 3.63) is 48.0 Å². The summed E-state index contributed by atoms with van der Waals surface area (Å²) in [6.45, 7) is 1.67. The smallest absolute Gasteiger partial charge is 0.326 e. The van der Waals surface area contributed by atoms with Crippen LogP contribution < -0.4 is 16.8 Å². The molecular weight excluding hydrogens is 478 g/mol. The predicted octanol–water partition coefficient (Wildman–Crippen LogP) is 1.24. The molecule has 0 saturated carbocycles. The first-order valence-electron chi connectivity index (χ1n) is 12.3. The Morgan fingerprint density at radius 3 is 2.69 bits per heavy atom. The predicted molar refractivity (Wildman–Crippen MR) is 144 cm³/mol. The fraction of sp³-hybridized carbons (Fsp3) is 0.500. The average molecular weight is 516 g/mol. The van der Waals surface area contributed by atoms with E-state index in [1.807, 2.05) is 47.6 Å². The highest BCUT2D eigenvalue weighted by atomic mass is 32.2. The van der Waals surface area contributed by atoms with Crippen molar-refractivity contribution < 1.29 is 19.5 Å². The molecule has 2 amide bonds. The highest BCUT2D eigenvalue weighted by Crippen LogP contribution is 2.23. The molecule has 1 saturated heterocycles. The number of benzene rings is 2. The topological polar surface area (TPSA) is 142 Å². The summed E-state index contributed by atoms with van der Waals surface area (Å²) in [5.41, 5.74) is 12.6. The lowest BCUT2D eigenvalue weighted by Gasteiger charge is -2.32. The van der Waals surface area contributed by atoms with Crippen LogP contribution >= 0.6 is 11.8 Å². The molecule has 1 fully saturated rings. The van der Waals surface area contributed by atoms with Gasteiger partial charge in [-0.1, -0.05) is 42.5 Å². The molecule has 10 heteroatoms. The van der Waals surface area contributed by atoms with Crippen LogP contribution in [0.5, 0.6) is 0 Å². The fourth-order valence-electron chi connectivity index (χ4n) is 4.72. The number of carbonyl (C=O) groups is 3. The van der Waals surface area contributed by atoms with Crippen molar-refractivity contribution in [2.75, 3.05) is 38.2 Å². The number of nitrogens with one attached hydrogen (secondary N) is 1. The Bertz CT molecular complexity index is 1050. The summed E-state index contributed by atoms with van der Waals surface area (Å²) < 4.78 is 0. The van der Waals surface area contributed by atoms with E-state index in [1.165, 1.54) is 11.8 Å². The molecule has 36 heavy (non-hydrogen) atoms. The number of hydrogen-bond acceptors (Lipinski definition) is 7. The molecule has 1 aliphatic heterocycles. The number of carboxylic acids is 1. The van der Waals surface area contributed by atoms with Crippen molar-refractivity contribution in [1.82, 2.24) is 15.1 Å². The molecule has 9 nitrogen and oxygen atoms in total. The molecule has 1 unspecified atom stereocenters. The first-order valence-corrected chi connectivity index (χ1v) is 13.7. The SMILES string of the molecule is CSCCC(NC(=O)CN(Cc1cccc2ccccc12)C[C@@H]1CCCN1C(=O)[C@@H](N)CN)C(=O)O. The molecule has 0 spiro atoms. The van der Waals surface area contributed by atoms with Gasteiger partial charge < -0.3 is 26.8 Å². The minimum Gasteiger partial charge on any atom is -0.480 e. The number of hydrogen-bond donors (Lipinski definition) is 4. The van der Waals surface area contributed by atoms with E-state index >= 15 is 0 Å². The monoisotopic (exact) mass is 515 g/mol. The summed E-state index contributed by atoms with van der Waals surface area (Å²) >= 11 is 1.54. The third-order valence-electron chi connectivity index (χ3n) is 6.59. The van der Waals surface area contributed by atoms with Crippen LogP contribution in [0.4, 0.5) is 0 Å². The van der Waals surface area contributed by atoms with Crippen molar-refractivity contribution in [3.63, 3.8) is 0 Å². The van der Waals surface area contributed by atoms with Gasteiger partial charge in [0.25, 0.3) is 0 Å². The van der Waals surface area contributed by atoms with Gasteiger partial charge in [-0.3, -0.25) is 14.5 Å². The van der Waals surface area contributed by atoms with E-state index in [-0.39, 0.29) is 30.9 Å². The van der Waals surface area contributed by atoms with Crippen LogP contribution in [0.1, 0.15) is 24.8 Å². The van der Waals surface area contributed by atoms with Crippen molar-refractivity contribution in [1.29, 1.82) is 0 Å². The standard InChI is InChI=1S/C26H37N5O4S/c1-36-13-11-23(26(34)35)29-24(32)17-30(15-19-8-4-7-18-6-2-3-10-21(18)19)16-20-9-5-12-31(20)25(33)22(28)14-27/h2-4,6-8,10,20,22-23H,5,9,11-17,27-28H2,1H3,(H,29,32)(H,34,35)/t20-,22-,23?/m0/s1. The van der Waals surface area contributed by atoms with E-state index in [0.29, 0.717) is 31.8 Å². The van der Waals surface area contributed by atoms with E-state index in [1.54, 1.807) is 4.90 Å². The number of carbonyl (C=O) groups excluding carboxylic acids is 2. The summed E-state index contributed by atoms with van der Waals surface area (Å²) in [6, 6.07) is 12.4. The van der Waals surface area contributed by atoms with Crippen molar-refractivity contribution >= 4 is 40.3 Å². The zero-order valence-corrected chi connectivity index (χ0v) is 21.6. The molecule has 0 radical (unpaired) electrons. The van der Waals surface area contributed by atoms with Gasteiger partial charge in [-0.05, 0) is 47.6 Å². The Kier molecular flexibility index (Phi) is 10.5. The van der Waals surface area contributed by atoms with E-state index in [9.17, 15) is 19.5 Å². The van der Waals surface area contributed by atoms with Gasteiger partial charge in [-0.15, -0.1) is 0 Å². The summed E-state index contributed by atoms with van der Waals surface area (Å²) in [5, 5.41) is 14.4. The van der Waals surface area contributed by atoms with Crippen LogP contribution in [0.3, 0.4) is 0 Å². The molecule has 196 valence electrons. The zero-order valence-electron chi connectivity index (χ0n) is 20.8. The second-order valence-corrected chi connectivity index (χ2v) is 10.2. The lowest BCUT2D eigenvalue weighted by Crippen LogP contribution is -2.53. The number of carboxylic acid groups (broad SMARTS) is 1. The van der Waals surface area contributed by atoms with Gasteiger partial charge in [0.2, 0.25) is 11.8 Å². The second kappa shape index (κ2) is 13.6. The summed E-state index contributed by atoms with van der Waals surface area (Å²) in [5.74, 6) is -0.922. The molecule has 0 bridgehead atoms. The molecule has 3 rings (SSSR count). The fourth-order valence-corrected chi connectivity index (χ4v) is 5.19. The van der Waals surface area contributed by atoms with Gasteiger partial charge in [0, 0.05) is 32.2 Å². The maximum Gasteiger partial charge on any atom is 0.326 e. The Morgan fingerprint density at radius 2 is 1.97 bits per heavy atom. The molecule has 1 heterocycles. The normalized spacial score (nSPS) is 17.3. The molecule has 1 aliphatic rings. The van der Waals surface area contributed by atoms with Gasteiger partial charge in [0.05, 0.1) is 12.6 Å². The molecule has 6 N–H and O–H groups in total. The number of amides is 2. The maximum atomic E-state index is 13.0. The largest absolute Gasteiger partial charge is 0.480 e. The second-order valence-electron chi connectivity index (χ2n) is 9.22. The van der Waals surface area contributed by atoms with Crippen molar-refractivity contribution in [2.24, 2.45) is 11.5 Å². The third-order valence-corrected chi connectivity index (χ3v) is 7.23. The van der Waals surface area contributed by atoms with Crippen molar-refractivity contribution in [3.8, 4) is 0 Å². The molecule has 0 aromatic heterocycles. The van der Waals surface area contributed by atoms with Crippen LogP contribution in [-0.4, -0.2) is 89.0 Å². The van der Waals surface area contributed by atoms with Gasteiger partial charge in [0.1, 0.15) is 6.04 Å². The number of likely N-dealkylation sites (tertiary alicyclic amines) is 1. The number of rotatable bonds is 13. The Labute approximate surface area is 216 Å². The summed E-state index contributed by atoms with van der Waals surface area (Å²) in [7, 11) is 0. The van der Waals surface area contributed by atoms with Crippen molar-refractivity contribution in [2.45, 2.75) is 43.9 Å². The van der Waals surface area contributed by atoms with Crippen LogP contribution in [0, 0.1) is 0 Å². The van der Waals surface area contributed by atoms with E-state index in [4.69, 9.17) is 11.5 Å². The number of thioether (sulfide) groups is 1. The molecule has 2 aromatic carbocycles. The molecule has 2 aromatic rings. The Balaban J connectivity index is 1.80. The van der Waals surface area contributed by atoms with Gasteiger partial charge in [0.15, 0.2) is 0 Å². The highest BCUT2D eigenvalue weighted by Gasteiger charge is 2.33. The lowest BCUT2D eigenvalue weighted by molar-refractivity contribution is -0.142. The molecule has 3 atom stereocenters. The molecule has 0 aliphatic carbocycles.